The number of anilines is 1. The highest BCUT2D eigenvalue weighted by atomic mass is 16.2. The van der Waals surface area contributed by atoms with Crippen LogP contribution in [0.5, 0.6) is 0 Å². The van der Waals surface area contributed by atoms with Gasteiger partial charge >= 0.3 is 0 Å². The summed E-state index contributed by atoms with van der Waals surface area (Å²) in [5, 5.41) is 3.12. The van der Waals surface area contributed by atoms with E-state index in [-0.39, 0.29) is 17.9 Å². The Balaban J connectivity index is 1.45. The number of rotatable bonds is 7. The van der Waals surface area contributed by atoms with Crippen molar-refractivity contribution in [2.24, 2.45) is 10.7 Å². The van der Waals surface area contributed by atoms with E-state index in [1.165, 1.54) is 6.20 Å². The fraction of sp³-hybridized carbons (Fsp3) is 0.500. The minimum Gasteiger partial charge on any atom is -0.404 e. The minimum absolute atomic E-state index is 0.000347. The molecule has 1 saturated heterocycles. The molecule has 0 radical (unpaired) electrons. The number of piperidine rings is 1. The number of hydrogen-bond acceptors (Lipinski definition) is 7. The van der Waals surface area contributed by atoms with E-state index in [9.17, 15) is 9.59 Å². The van der Waals surface area contributed by atoms with Crippen molar-refractivity contribution in [3.8, 4) is 0 Å². The van der Waals surface area contributed by atoms with E-state index in [0.29, 0.717) is 40.3 Å². The highest BCUT2D eigenvalue weighted by molar-refractivity contribution is 6.12. The van der Waals surface area contributed by atoms with Gasteiger partial charge in [0.1, 0.15) is 23.2 Å². The van der Waals surface area contributed by atoms with E-state index in [0.717, 1.165) is 51.6 Å². The number of nitrogens with two attached hydrogens (primary N) is 1. The second kappa shape index (κ2) is 11.8. The summed E-state index contributed by atoms with van der Waals surface area (Å²) in [6.45, 7) is 5.56. The summed E-state index contributed by atoms with van der Waals surface area (Å²) in [5.74, 6) is 1.42. The number of aromatic nitrogens is 1. The second-order valence-corrected chi connectivity index (χ2v) is 10.6. The smallest absolute Gasteiger partial charge is 0.270 e. The van der Waals surface area contributed by atoms with Crippen LogP contribution in [0.25, 0.3) is 0 Å². The number of aliphatic imine (C=N–C) groups is 1. The van der Waals surface area contributed by atoms with E-state index >= 15 is 0 Å². The predicted molar refractivity (Wildman–Crippen MR) is 150 cm³/mol. The standard InChI is InChI=1S/C28H40N8O2/c1-19(31-25-11-10-20(18-30-25)27(37)35-14-12-22(13-15-35)33(2)3)32-26-21(17-29)16-24(28(38)34(4)5)36(26)23-8-6-7-9-23/h10-11,16-18,22-23H,1,6-9,12-15,29H2,2-5H3,(H,30,31)/b21-17-,32-26+. The highest BCUT2D eigenvalue weighted by Crippen LogP contribution is 2.34. The molecule has 2 amide bonds. The maximum Gasteiger partial charge on any atom is 0.270 e. The topological polar surface area (TPSA) is 110 Å². The van der Waals surface area contributed by atoms with Gasteiger partial charge < -0.3 is 30.7 Å². The SMILES string of the molecule is C=C(/N=C1\C(=C/N)C=C(C(=O)N(C)C)N1C1CCCC1)Nc1ccc(C(=O)N2CCC(N(C)C)CC2)cn1. The molecule has 3 heterocycles. The summed E-state index contributed by atoms with van der Waals surface area (Å²) >= 11 is 0. The molecule has 2 fully saturated rings. The van der Waals surface area contributed by atoms with Gasteiger partial charge in [0.15, 0.2) is 0 Å². The molecule has 1 aromatic heterocycles. The van der Waals surface area contributed by atoms with Crippen LogP contribution in [0.3, 0.4) is 0 Å². The largest absolute Gasteiger partial charge is 0.404 e. The first-order valence-corrected chi connectivity index (χ1v) is 13.3. The van der Waals surface area contributed by atoms with Crippen molar-refractivity contribution in [2.75, 3.05) is 46.6 Å². The number of amidine groups is 1. The van der Waals surface area contributed by atoms with E-state index < -0.39 is 0 Å². The molecule has 0 spiro atoms. The predicted octanol–water partition coefficient (Wildman–Crippen LogP) is 2.60. The van der Waals surface area contributed by atoms with Gasteiger partial charge in [0, 0.05) is 57.2 Å². The van der Waals surface area contributed by atoms with Crippen LogP contribution in [0.2, 0.25) is 0 Å². The summed E-state index contributed by atoms with van der Waals surface area (Å²) in [7, 11) is 7.65. The first-order valence-electron chi connectivity index (χ1n) is 13.3. The summed E-state index contributed by atoms with van der Waals surface area (Å²) in [5.41, 5.74) is 7.75. The van der Waals surface area contributed by atoms with Crippen LogP contribution in [-0.2, 0) is 4.79 Å². The Kier molecular flexibility index (Phi) is 8.51. The fourth-order valence-corrected chi connectivity index (χ4v) is 5.37. The lowest BCUT2D eigenvalue weighted by molar-refractivity contribution is -0.126. The third-order valence-electron chi connectivity index (χ3n) is 7.54. The Labute approximate surface area is 225 Å². The van der Waals surface area contributed by atoms with Crippen LogP contribution in [0.15, 0.2) is 59.3 Å². The molecule has 3 N–H and O–H groups in total. The van der Waals surface area contributed by atoms with Crippen molar-refractivity contribution in [3.05, 3.63) is 59.8 Å². The van der Waals surface area contributed by atoms with Crippen LogP contribution < -0.4 is 11.1 Å². The van der Waals surface area contributed by atoms with Gasteiger partial charge in [0.2, 0.25) is 0 Å². The Morgan fingerprint density at radius 3 is 2.37 bits per heavy atom. The molecule has 1 aliphatic carbocycles. The van der Waals surface area contributed by atoms with Crippen LogP contribution in [0.4, 0.5) is 5.82 Å². The number of likely N-dealkylation sites (tertiary alicyclic amines) is 1. The molecular formula is C28H40N8O2. The Hall–Kier alpha value is -3.66. The third-order valence-corrected chi connectivity index (χ3v) is 7.54. The van der Waals surface area contributed by atoms with Crippen LogP contribution in [-0.4, -0.2) is 95.6 Å². The van der Waals surface area contributed by atoms with E-state index in [1.54, 1.807) is 43.4 Å². The van der Waals surface area contributed by atoms with Gasteiger partial charge in [0.25, 0.3) is 11.8 Å². The normalized spacial score (nSPS) is 20.9. The maximum absolute atomic E-state index is 13.0. The maximum atomic E-state index is 13.0. The van der Waals surface area contributed by atoms with Gasteiger partial charge in [-0.05, 0) is 58.0 Å². The first kappa shape index (κ1) is 27.4. The summed E-state index contributed by atoms with van der Waals surface area (Å²) in [4.78, 5) is 42.8. The molecule has 0 aromatic carbocycles. The molecule has 38 heavy (non-hydrogen) atoms. The highest BCUT2D eigenvalue weighted by Gasteiger charge is 2.37. The van der Waals surface area contributed by atoms with Crippen molar-refractivity contribution in [1.29, 1.82) is 0 Å². The van der Waals surface area contributed by atoms with Gasteiger partial charge in [-0.1, -0.05) is 19.4 Å². The number of likely N-dealkylation sites (N-methyl/N-ethyl adjacent to an activating group) is 1. The zero-order chi connectivity index (χ0) is 27.4. The van der Waals surface area contributed by atoms with E-state index in [2.05, 4.69) is 35.9 Å². The van der Waals surface area contributed by atoms with E-state index in [1.807, 2.05) is 9.80 Å². The van der Waals surface area contributed by atoms with Crippen molar-refractivity contribution >= 4 is 23.5 Å². The lowest BCUT2D eigenvalue weighted by atomic mass is 10.0. The van der Waals surface area contributed by atoms with Gasteiger partial charge in [-0.25, -0.2) is 9.98 Å². The molecule has 10 nitrogen and oxygen atoms in total. The summed E-state index contributed by atoms with van der Waals surface area (Å²) in [6, 6.07) is 4.23. The average Bonchev–Trinajstić information content (AvgIpc) is 3.56. The van der Waals surface area contributed by atoms with Crippen molar-refractivity contribution < 1.29 is 9.59 Å². The van der Waals surface area contributed by atoms with Gasteiger partial charge in [-0.2, -0.15) is 0 Å². The number of amides is 2. The molecule has 10 heteroatoms. The van der Waals surface area contributed by atoms with Crippen LogP contribution in [0.1, 0.15) is 48.9 Å². The van der Waals surface area contributed by atoms with Gasteiger partial charge in [-0.15, -0.1) is 0 Å². The zero-order valence-corrected chi connectivity index (χ0v) is 23.0. The molecule has 0 atom stereocenters. The Bertz CT molecular complexity index is 1140. The van der Waals surface area contributed by atoms with Crippen molar-refractivity contribution in [1.82, 2.24) is 24.6 Å². The molecule has 0 bridgehead atoms. The zero-order valence-electron chi connectivity index (χ0n) is 23.0. The van der Waals surface area contributed by atoms with Gasteiger partial charge in [-0.3, -0.25) is 9.59 Å². The van der Waals surface area contributed by atoms with Crippen LogP contribution in [0, 0.1) is 0 Å². The lowest BCUT2D eigenvalue weighted by Gasteiger charge is -2.35. The average molecular weight is 521 g/mol. The van der Waals surface area contributed by atoms with Gasteiger partial charge in [0.05, 0.1) is 5.56 Å². The number of pyridine rings is 1. The first-order chi connectivity index (χ1) is 18.2. The number of nitrogens with one attached hydrogen (secondary N) is 1. The molecular weight excluding hydrogens is 480 g/mol. The Morgan fingerprint density at radius 1 is 1.13 bits per heavy atom. The summed E-state index contributed by atoms with van der Waals surface area (Å²) < 4.78 is 0. The van der Waals surface area contributed by atoms with Crippen molar-refractivity contribution in [3.63, 3.8) is 0 Å². The molecule has 2 aliphatic heterocycles. The van der Waals surface area contributed by atoms with Crippen LogP contribution >= 0.6 is 0 Å². The Morgan fingerprint density at radius 2 is 1.82 bits per heavy atom. The molecule has 3 aliphatic rings. The number of nitrogens with zero attached hydrogens (tertiary/aromatic N) is 6. The van der Waals surface area contributed by atoms with Crippen molar-refractivity contribution in [2.45, 2.75) is 50.6 Å². The minimum atomic E-state index is -0.0899. The van der Waals surface area contributed by atoms with E-state index in [4.69, 9.17) is 10.7 Å². The molecule has 1 aromatic rings. The second-order valence-electron chi connectivity index (χ2n) is 10.6. The lowest BCUT2D eigenvalue weighted by Crippen LogP contribution is -2.44. The molecule has 1 saturated carbocycles. The molecule has 0 unspecified atom stereocenters. The summed E-state index contributed by atoms with van der Waals surface area (Å²) in [6.07, 6.45) is 11.0. The molecule has 4 rings (SSSR count). The fourth-order valence-electron chi connectivity index (χ4n) is 5.37. The third kappa shape index (κ3) is 5.91. The number of carbonyl (C=O) groups is 2. The number of hydrogen-bond donors (Lipinski definition) is 2. The number of carbonyl (C=O) groups excluding carboxylic acids is 2. The molecule has 204 valence electrons. The monoisotopic (exact) mass is 520 g/mol. The quantitative estimate of drug-likeness (QED) is 0.569.